The van der Waals surface area contributed by atoms with Crippen molar-refractivity contribution in [2.24, 2.45) is 28.1 Å². The molecule has 0 radical (unpaired) electrons. The third-order valence-corrected chi connectivity index (χ3v) is 9.77. The molecule has 3 aliphatic carbocycles. The fraction of sp³-hybridized carbons (Fsp3) is 0.625. The zero-order valence-corrected chi connectivity index (χ0v) is 24.6. The molecule has 0 heterocycles. The first-order valence-electron chi connectivity index (χ1n) is 13.8. The van der Waals surface area contributed by atoms with Crippen LogP contribution in [-0.4, -0.2) is 45.4 Å². The van der Waals surface area contributed by atoms with Crippen molar-refractivity contribution in [1.29, 1.82) is 0 Å². The van der Waals surface area contributed by atoms with Gasteiger partial charge in [-0.25, -0.2) is 0 Å². The zero-order chi connectivity index (χ0) is 29.6. The van der Waals surface area contributed by atoms with Crippen molar-refractivity contribution < 1.29 is 34.1 Å². The number of carboxylic acid groups (broad SMARTS) is 1. The second-order valence-corrected chi connectivity index (χ2v) is 13.0. The number of Topliss-reactive ketones (excluding diaryl/α,β-unsaturated/α-hetero) is 1. The number of allylic oxidation sites excluding steroid dienone is 7. The molecule has 3 unspecified atom stereocenters. The minimum Gasteiger partial charge on any atom is -0.481 e. The third-order valence-electron chi connectivity index (χ3n) is 9.77. The monoisotopic (exact) mass is 540 g/mol. The van der Waals surface area contributed by atoms with Crippen LogP contribution in [0.4, 0.5) is 0 Å². The van der Waals surface area contributed by atoms with Gasteiger partial charge in [0.05, 0.1) is 5.60 Å². The van der Waals surface area contributed by atoms with E-state index in [-0.39, 0.29) is 29.8 Å². The Bertz CT molecular complexity index is 1180. The van der Waals surface area contributed by atoms with E-state index in [1.807, 2.05) is 6.92 Å². The number of aliphatic hydroxyl groups is 1. The second kappa shape index (κ2) is 10.6. The number of ketones is 2. The lowest BCUT2D eigenvalue weighted by Crippen LogP contribution is -2.61. The largest absolute Gasteiger partial charge is 0.481 e. The first kappa shape index (κ1) is 30.7. The molecule has 0 bridgehead atoms. The molecular weight excluding hydrogens is 496 g/mol. The lowest BCUT2D eigenvalue weighted by Gasteiger charge is -2.61. The van der Waals surface area contributed by atoms with E-state index in [4.69, 9.17) is 4.74 Å². The summed E-state index contributed by atoms with van der Waals surface area (Å²) in [5.74, 6) is -2.11. The lowest BCUT2D eigenvalue weighted by atomic mass is 9.42. The first-order chi connectivity index (χ1) is 17.9. The van der Waals surface area contributed by atoms with Gasteiger partial charge in [-0.3, -0.25) is 19.2 Å². The van der Waals surface area contributed by atoms with Crippen LogP contribution < -0.4 is 0 Å². The molecule has 0 aromatic carbocycles. The Morgan fingerprint density at radius 1 is 1.00 bits per heavy atom. The summed E-state index contributed by atoms with van der Waals surface area (Å²) in [5.41, 5.74) is -1.34. The van der Waals surface area contributed by atoms with E-state index in [2.05, 4.69) is 13.8 Å². The van der Waals surface area contributed by atoms with Gasteiger partial charge in [-0.05, 0) is 83.6 Å². The molecule has 0 aromatic heterocycles. The summed E-state index contributed by atoms with van der Waals surface area (Å²) in [7, 11) is 0. The highest BCUT2D eigenvalue weighted by atomic mass is 16.5. The molecule has 0 saturated heterocycles. The smallest absolute Gasteiger partial charge is 0.313 e. The number of hydrogen-bond acceptors (Lipinski definition) is 6. The molecule has 3 fully saturated rings. The summed E-state index contributed by atoms with van der Waals surface area (Å²) >= 11 is 0. The van der Waals surface area contributed by atoms with E-state index in [9.17, 15) is 29.4 Å². The third kappa shape index (κ3) is 5.60. The van der Waals surface area contributed by atoms with Crippen molar-refractivity contribution >= 4 is 23.5 Å². The molecule has 7 heteroatoms. The van der Waals surface area contributed by atoms with Gasteiger partial charge >= 0.3 is 11.9 Å². The van der Waals surface area contributed by atoms with Crippen molar-refractivity contribution in [3.63, 3.8) is 0 Å². The van der Waals surface area contributed by atoms with Crippen LogP contribution in [0.5, 0.6) is 0 Å². The minimum absolute atomic E-state index is 0.0388. The summed E-state index contributed by atoms with van der Waals surface area (Å²) in [4.78, 5) is 51.2. The molecule has 39 heavy (non-hydrogen) atoms. The minimum atomic E-state index is -1.26. The van der Waals surface area contributed by atoms with E-state index in [1.165, 1.54) is 13.0 Å². The topological polar surface area (TPSA) is 118 Å². The molecule has 6 atom stereocenters. The van der Waals surface area contributed by atoms with E-state index in [1.54, 1.807) is 52.0 Å². The van der Waals surface area contributed by atoms with Gasteiger partial charge in [0.15, 0.2) is 11.6 Å². The standard InChI is InChI=1S/C32H44O7/c1-19(10-9-15-29(4,5)38)11-12-22(34)20(2)27-23(35)18-25-30(6)17-14-26(39-21(3)33)32(8,28(36)37)24(30)13-16-31(25,27)7/h9-12,15,24-26,38H,13-14,16-18H2,1-8H3,(H,36,37)/b12-11+,15-9+,19-10+,27-20+/t24?,25-,26?,30-,31?,32+/m0/s1. The van der Waals surface area contributed by atoms with Gasteiger partial charge in [0.25, 0.3) is 0 Å². The maximum atomic E-state index is 13.5. The van der Waals surface area contributed by atoms with Crippen molar-refractivity contribution in [2.45, 2.75) is 99.2 Å². The van der Waals surface area contributed by atoms with Gasteiger partial charge in [-0.15, -0.1) is 0 Å². The summed E-state index contributed by atoms with van der Waals surface area (Å²) < 4.78 is 5.53. The maximum absolute atomic E-state index is 13.5. The normalized spacial score (nSPS) is 36.6. The van der Waals surface area contributed by atoms with Gasteiger partial charge in [0.2, 0.25) is 0 Å². The predicted molar refractivity (Wildman–Crippen MR) is 149 cm³/mol. The van der Waals surface area contributed by atoms with E-state index < -0.39 is 39.9 Å². The van der Waals surface area contributed by atoms with Crippen molar-refractivity contribution in [3.8, 4) is 0 Å². The molecule has 3 aliphatic rings. The van der Waals surface area contributed by atoms with Crippen LogP contribution in [0.2, 0.25) is 0 Å². The Morgan fingerprint density at radius 3 is 2.21 bits per heavy atom. The van der Waals surface area contributed by atoms with Gasteiger partial charge < -0.3 is 14.9 Å². The highest BCUT2D eigenvalue weighted by molar-refractivity contribution is 6.12. The van der Waals surface area contributed by atoms with Gasteiger partial charge in [-0.2, -0.15) is 0 Å². The fourth-order valence-corrected chi connectivity index (χ4v) is 7.83. The molecule has 3 saturated carbocycles. The van der Waals surface area contributed by atoms with Gasteiger partial charge in [-0.1, -0.05) is 43.7 Å². The molecule has 0 aliphatic heterocycles. The fourth-order valence-electron chi connectivity index (χ4n) is 7.83. The SMILES string of the molecule is CC(=O)OC1CC[C@@]2(C)C(CCC3(C)/C(=C(\C)C(=O)/C=C/C(C)=C/C=C/C(C)(C)O)C(=O)C[C@H]32)[C@@]1(C)C(=O)O. The van der Waals surface area contributed by atoms with Crippen LogP contribution in [0, 0.1) is 28.1 Å². The second-order valence-electron chi connectivity index (χ2n) is 13.0. The number of ether oxygens (including phenoxy) is 1. The zero-order valence-electron chi connectivity index (χ0n) is 24.6. The number of fused-ring (bicyclic) bond motifs is 3. The maximum Gasteiger partial charge on any atom is 0.313 e. The van der Waals surface area contributed by atoms with Crippen LogP contribution in [0.3, 0.4) is 0 Å². The highest BCUT2D eigenvalue weighted by Gasteiger charge is 2.68. The van der Waals surface area contributed by atoms with Crippen molar-refractivity contribution in [2.75, 3.05) is 0 Å². The quantitative estimate of drug-likeness (QED) is 0.248. The number of carboxylic acids is 1. The Hall–Kier alpha value is -2.80. The molecule has 0 amide bonds. The van der Waals surface area contributed by atoms with Crippen LogP contribution >= 0.6 is 0 Å². The van der Waals surface area contributed by atoms with E-state index in [0.29, 0.717) is 36.8 Å². The molecule has 2 N–H and O–H groups in total. The number of rotatable bonds is 7. The molecule has 7 nitrogen and oxygen atoms in total. The summed E-state index contributed by atoms with van der Waals surface area (Å²) in [6, 6.07) is 0. The number of hydrogen-bond donors (Lipinski definition) is 2. The molecule has 0 aromatic rings. The van der Waals surface area contributed by atoms with E-state index in [0.717, 1.165) is 5.57 Å². The summed E-state index contributed by atoms with van der Waals surface area (Å²) in [5, 5.41) is 20.2. The van der Waals surface area contributed by atoms with Gasteiger partial charge in [0.1, 0.15) is 11.5 Å². The van der Waals surface area contributed by atoms with Crippen molar-refractivity contribution in [1.82, 2.24) is 0 Å². The predicted octanol–water partition coefficient (Wildman–Crippen LogP) is 5.53. The molecule has 3 rings (SSSR count). The average Bonchev–Trinajstić information content (AvgIpc) is 3.09. The number of carbonyl (C=O) groups excluding carboxylic acids is 3. The summed E-state index contributed by atoms with van der Waals surface area (Å²) in [6.45, 7) is 14.1. The highest BCUT2D eigenvalue weighted by Crippen LogP contribution is 2.69. The molecular formula is C32H44O7. The Labute approximate surface area is 232 Å². The van der Waals surface area contributed by atoms with Crippen LogP contribution in [0.15, 0.2) is 47.1 Å². The van der Waals surface area contributed by atoms with Crippen molar-refractivity contribution in [3.05, 3.63) is 47.1 Å². The van der Waals surface area contributed by atoms with Crippen LogP contribution in [-0.2, 0) is 23.9 Å². The van der Waals surface area contributed by atoms with Crippen LogP contribution in [0.25, 0.3) is 0 Å². The molecule has 0 spiro atoms. The Morgan fingerprint density at radius 2 is 1.64 bits per heavy atom. The Kier molecular flexibility index (Phi) is 8.39. The summed E-state index contributed by atoms with van der Waals surface area (Å²) in [6.07, 6.45) is 10.2. The van der Waals surface area contributed by atoms with Crippen LogP contribution in [0.1, 0.15) is 87.5 Å². The first-order valence-corrected chi connectivity index (χ1v) is 13.8. The lowest BCUT2D eigenvalue weighted by molar-refractivity contribution is -0.204. The number of esters is 1. The number of aliphatic carboxylic acids is 1. The Balaban J connectivity index is 1.94. The van der Waals surface area contributed by atoms with E-state index >= 15 is 0 Å². The van der Waals surface area contributed by atoms with Gasteiger partial charge in [0, 0.05) is 29.9 Å². The molecule has 214 valence electrons. The number of carbonyl (C=O) groups is 4. The average molecular weight is 541 g/mol.